The second kappa shape index (κ2) is 11.7. The van der Waals surface area contributed by atoms with Crippen LogP contribution in [0.5, 0.6) is 23.0 Å². The summed E-state index contributed by atoms with van der Waals surface area (Å²) in [5.41, 5.74) is 6.07. The molecule has 0 atom stereocenters. The quantitative estimate of drug-likeness (QED) is 0.207. The number of carbonyl (C=O) groups is 1. The predicted octanol–water partition coefficient (Wildman–Crippen LogP) is 6.14. The minimum atomic E-state index is -0.0584. The lowest BCUT2D eigenvalue weighted by atomic mass is 9.86. The van der Waals surface area contributed by atoms with Gasteiger partial charge in [0.15, 0.2) is 23.0 Å². The number of anilines is 3. The summed E-state index contributed by atoms with van der Waals surface area (Å²) in [5.74, 6) is 3.19. The summed E-state index contributed by atoms with van der Waals surface area (Å²) < 4.78 is 28.2. The number of nitrogens with one attached hydrogen (secondary N) is 1. The first-order valence-corrected chi connectivity index (χ1v) is 14.8. The van der Waals surface area contributed by atoms with Crippen molar-refractivity contribution in [1.82, 2.24) is 10.1 Å². The lowest BCUT2D eigenvalue weighted by Crippen LogP contribution is -2.46. The fourth-order valence-electron chi connectivity index (χ4n) is 6.41. The fraction of sp³-hybridized carbons (Fsp3) is 0.257. The maximum atomic E-state index is 14.0. The summed E-state index contributed by atoms with van der Waals surface area (Å²) in [6, 6.07) is 21.2. The zero-order chi connectivity index (χ0) is 31.1. The van der Waals surface area contributed by atoms with Crippen LogP contribution in [0, 0.1) is 0 Å². The van der Waals surface area contributed by atoms with E-state index in [1.807, 2.05) is 66.7 Å². The van der Waals surface area contributed by atoms with Gasteiger partial charge < -0.3 is 33.7 Å². The Morgan fingerprint density at radius 1 is 0.822 bits per heavy atom. The monoisotopic (exact) mass is 606 g/mol. The molecule has 4 aromatic carbocycles. The largest absolute Gasteiger partial charge is 0.497 e. The molecule has 1 saturated heterocycles. The van der Waals surface area contributed by atoms with Gasteiger partial charge in [0.05, 0.1) is 50.8 Å². The molecule has 45 heavy (non-hydrogen) atoms. The number of carbonyl (C=O) groups excluding carboxylic acids is 1. The van der Waals surface area contributed by atoms with Crippen molar-refractivity contribution in [3.05, 3.63) is 83.4 Å². The number of rotatable bonds is 9. The van der Waals surface area contributed by atoms with Gasteiger partial charge in [-0.05, 0) is 24.3 Å². The number of ether oxygens (including phenoxy) is 4. The topological polar surface area (TPSA) is 98.5 Å². The summed E-state index contributed by atoms with van der Waals surface area (Å²) in [7, 11) is 6.52. The van der Waals surface area contributed by atoms with Crippen molar-refractivity contribution in [2.75, 3.05) is 64.8 Å². The van der Waals surface area contributed by atoms with Crippen molar-refractivity contribution in [2.45, 2.75) is 6.54 Å². The van der Waals surface area contributed by atoms with E-state index in [0.29, 0.717) is 51.9 Å². The van der Waals surface area contributed by atoms with Crippen molar-refractivity contribution in [3.8, 4) is 34.3 Å². The van der Waals surface area contributed by atoms with Gasteiger partial charge >= 0.3 is 0 Å². The molecule has 1 aromatic heterocycles. The highest BCUT2D eigenvalue weighted by molar-refractivity contribution is 6.28. The molecule has 0 radical (unpaired) electrons. The van der Waals surface area contributed by atoms with Gasteiger partial charge in [-0.15, -0.1) is 0 Å². The van der Waals surface area contributed by atoms with E-state index in [-0.39, 0.29) is 5.78 Å². The minimum absolute atomic E-state index is 0.0584. The molecule has 1 aliphatic heterocycles. The van der Waals surface area contributed by atoms with Gasteiger partial charge in [-0.3, -0.25) is 9.69 Å². The standard InChI is InChI=1S/C35H34N4O6/c1-41-23-9-7-8-22(18-23)36-26-19-27(31-30-29(26)32(40)24-10-5-6-11-25(24)34(30)45-37-31)39-16-14-38(15-17-39)20-21-12-13-28(42-2)35(44-4)33(21)43-3/h5-13,18-19,36H,14-17,20H2,1-4H3. The van der Waals surface area contributed by atoms with E-state index in [0.717, 1.165) is 59.8 Å². The SMILES string of the molecule is COc1cccc(Nc2cc(N3CCN(Cc4ccc(OC)c(OC)c4OC)CC3)c3noc4c3c2C(=O)c2ccccc2-4)c1. The molecule has 1 aliphatic carbocycles. The molecule has 0 bridgehead atoms. The van der Waals surface area contributed by atoms with Gasteiger partial charge in [-0.1, -0.05) is 41.6 Å². The van der Waals surface area contributed by atoms with E-state index in [2.05, 4.69) is 20.3 Å². The minimum Gasteiger partial charge on any atom is -0.497 e. The van der Waals surface area contributed by atoms with E-state index in [1.165, 1.54) is 0 Å². The molecule has 10 heteroatoms. The molecule has 230 valence electrons. The van der Waals surface area contributed by atoms with Crippen LogP contribution in [-0.2, 0) is 6.54 Å². The van der Waals surface area contributed by atoms with Gasteiger partial charge in [0.25, 0.3) is 0 Å². The van der Waals surface area contributed by atoms with Crippen LogP contribution in [0.2, 0.25) is 0 Å². The highest BCUT2D eigenvalue weighted by Gasteiger charge is 2.34. The van der Waals surface area contributed by atoms with Crippen LogP contribution in [0.15, 0.2) is 71.3 Å². The molecule has 10 nitrogen and oxygen atoms in total. The van der Waals surface area contributed by atoms with Crippen LogP contribution < -0.4 is 29.2 Å². The second-order valence-corrected chi connectivity index (χ2v) is 11.0. The van der Waals surface area contributed by atoms with Crippen molar-refractivity contribution >= 4 is 33.7 Å². The highest BCUT2D eigenvalue weighted by atomic mass is 16.5. The van der Waals surface area contributed by atoms with Gasteiger partial charge in [0.1, 0.15) is 11.3 Å². The third-order valence-corrected chi connectivity index (χ3v) is 8.62. The highest BCUT2D eigenvalue weighted by Crippen LogP contribution is 2.47. The second-order valence-electron chi connectivity index (χ2n) is 11.0. The van der Waals surface area contributed by atoms with Crippen LogP contribution >= 0.6 is 0 Å². The normalized spacial score (nSPS) is 14.3. The third-order valence-electron chi connectivity index (χ3n) is 8.62. The summed E-state index contributed by atoms with van der Waals surface area (Å²) >= 11 is 0. The van der Waals surface area contributed by atoms with E-state index in [1.54, 1.807) is 28.4 Å². The number of methoxy groups -OCH3 is 4. The molecule has 0 spiro atoms. The molecular weight excluding hydrogens is 572 g/mol. The molecule has 0 unspecified atom stereocenters. The molecule has 0 amide bonds. The molecule has 0 saturated carbocycles. The van der Waals surface area contributed by atoms with Crippen molar-refractivity contribution in [1.29, 1.82) is 0 Å². The molecule has 5 aromatic rings. The summed E-state index contributed by atoms with van der Waals surface area (Å²) in [5, 5.41) is 8.79. The average Bonchev–Trinajstić information content (AvgIpc) is 3.53. The van der Waals surface area contributed by atoms with Crippen LogP contribution in [0.25, 0.3) is 22.2 Å². The predicted molar refractivity (Wildman–Crippen MR) is 173 cm³/mol. The zero-order valence-electron chi connectivity index (χ0n) is 25.7. The van der Waals surface area contributed by atoms with Gasteiger partial charge in [0, 0.05) is 61.2 Å². The third kappa shape index (κ3) is 4.87. The van der Waals surface area contributed by atoms with Gasteiger partial charge in [0.2, 0.25) is 5.75 Å². The zero-order valence-corrected chi connectivity index (χ0v) is 25.7. The number of aromatic nitrogens is 1. The number of benzene rings is 4. The summed E-state index contributed by atoms with van der Waals surface area (Å²) in [6.07, 6.45) is 0. The number of piperazine rings is 1. The molecule has 1 fully saturated rings. The molecule has 2 aliphatic rings. The van der Waals surface area contributed by atoms with Gasteiger partial charge in [-0.25, -0.2) is 0 Å². The summed E-state index contributed by atoms with van der Waals surface area (Å²) in [6.45, 7) is 3.84. The molecule has 2 heterocycles. The Morgan fingerprint density at radius 2 is 1.60 bits per heavy atom. The van der Waals surface area contributed by atoms with Crippen molar-refractivity contribution in [3.63, 3.8) is 0 Å². The lowest BCUT2D eigenvalue weighted by molar-refractivity contribution is 0.104. The maximum Gasteiger partial charge on any atom is 0.203 e. The number of hydrogen-bond acceptors (Lipinski definition) is 10. The Hall–Kier alpha value is -5.22. The molecule has 1 N–H and O–H groups in total. The Labute approximate surface area is 261 Å². The van der Waals surface area contributed by atoms with E-state index < -0.39 is 0 Å². The van der Waals surface area contributed by atoms with E-state index in [4.69, 9.17) is 23.5 Å². The van der Waals surface area contributed by atoms with Gasteiger partial charge in [-0.2, -0.15) is 0 Å². The first-order valence-electron chi connectivity index (χ1n) is 14.8. The maximum absolute atomic E-state index is 14.0. The van der Waals surface area contributed by atoms with E-state index >= 15 is 0 Å². The molecule has 7 rings (SSSR count). The lowest BCUT2D eigenvalue weighted by Gasteiger charge is -2.36. The fourth-order valence-corrected chi connectivity index (χ4v) is 6.41. The number of nitrogens with zero attached hydrogens (tertiary/aromatic N) is 3. The number of fused-ring (bicyclic) bond motifs is 2. The van der Waals surface area contributed by atoms with Crippen LogP contribution in [-0.4, -0.2) is 70.5 Å². The van der Waals surface area contributed by atoms with Crippen molar-refractivity contribution < 1.29 is 28.3 Å². The smallest absolute Gasteiger partial charge is 0.203 e. The Morgan fingerprint density at radius 3 is 2.33 bits per heavy atom. The molecular formula is C35H34N4O6. The number of hydrogen-bond donors (Lipinski definition) is 1. The van der Waals surface area contributed by atoms with Crippen LogP contribution in [0.4, 0.5) is 17.1 Å². The first kappa shape index (κ1) is 28.5. The van der Waals surface area contributed by atoms with Crippen LogP contribution in [0.1, 0.15) is 21.5 Å². The van der Waals surface area contributed by atoms with Crippen molar-refractivity contribution in [2.24, 2.45) is 0 Å². The first-order chi connectivity index (χ1) is 22.0. The van der Waals surface area contributed by atoms with E-state index in [9.17, 15) is 4.79 Å². The number of ketones is 1. The average molecular weight is 607 g/mol. The Balaban J connectivity index is 1.23. The van der Waals surface area contributed by atoms with Crippen LogP contribution in [0.3, 0.4) is 0 Å². The summed E-state index contributed by atoms with van der Waals surface area (Å²) in [4.78, 5) is 18.7. The Kier molecular flexibility index (Phi) is 7.42. The Bertz CT molecular complexity index is 1910.